The van der Waals surface area contributed by atoms with Gasteiger partial charge in [0.15, 0.2) is 5.69 Å². The minimum Gasteiger partial charge on any atom is -0.348 e. The predicted octanol–water partition coefficient (Wildman–Crippen LogP) is 1.37. The summed E-state index contributed by atoms with van der Waals surface area (Å²) in [5.41, 5.74) is 0.410. The SMILES string of the molecule is CC(C)CCCC(C)NC(=O)c1cn(C2CNC2)nn1. The van der Waals surface area contributed by atoms with Crippen molar-refractivity contribution in [1.29, 1.82) is 0 Å². The number of carbonyl (C=O) groups is 1. The van der Waals surface area contributed by atoms with Crippen molar-refractivity contribution in [3.63, 3.8) is 0 Å². The molecule has 1 aromatic rings. The third kappa shape index (κ3) is 4.03. The van der Waals surface area contributed by atoms with Crippen LogP contribution in [0.5, 0.6) is 0 Å². The number of nitrogens with one attached hydrogen (secondary N) is 2. The fourth-order valence-corrected chi connectivity index (χ4v) is 2.22. The highest BCUT2D eigenvalue weighted by Crippen LogP contribution is 2.11. The molecule has 1 fully saturated rings. The molecule has 1 atom stereocenters. The molecular weight excluding hydrogens is 254 g/mol. The Hall–Kier alpha value is -1.43. The molecule has 1 unspecified atom stereocenters. The summed E-state index contributed by atoms with van der Waals surface area (Å²) in [5.74, 6) is 0.592. The fraction of sp³-hybridized carbons (Fsp3) is 0.786. The predicted molar refractivity (Wildman–Crippen MR) is 77.5 cm³/mol. The summed E-state index contributed by atoms with van der Waals surface area (Å²) in [4.78, 5) is 12.1. The monoisotopic (exact) mass is 279 g/mol. The molecule has 0 radical (unpaired) electrons. The van der Waals surface area contributed by atoms with Gasteiger partial charge in [-0.05, 0) is 19.3 Å². The fourth-order valence-electron chi connectivity index (χ4n) is 2.22. The van der Waals surface area contributed by atoms with Crippen LogP contribution in [-0.4, -0.2) is 40.0 Å². The van der Waals surface area contributed by atoms with Crippen LogP contribution in [0, 0.1) is 5.92 Å². The average Bonchev–Trinajstić information content (AvgIpc) is 2.75. The quantitative estimate of drug-likeness (QED) is 0.790. The van der Waals surface area contributed by atoms with Crippen molar-refractivity contribution in [3.8, 4) is 0 Å². The molecule has 112 valence electrons. The van der Waals surface area contributed by atoms with E-state index in [4.69, 9.17) is 0 Å². The number of carbonyl (C=O) groups excluding carboxylic acids is 1. The van der Waals surface area contributed by atoms with E-state index in [0.29, 0.717) is 17.7 Å². The highest BCUT2D eigenvalue weighted by Gasteiger charge is 2.22. The van der Waals surface area contributed by atoms with Gasteiger partial charge in [0.2, 0.25) is 0 Å². The minimum atomic E-state index is -0.124. The number of rotatable bonds is 7. The van der Waals surface area contributed by atoms with Gasteiger partial charge < -0.3 is 10.6 Å². The van der Waals surface area contributed by atoms with Crippen molar-refractivity contribution in [2.24, 2.45) is 5.92 Å². The van der Waals surface area contributed by atoms with Gasteiger partial charge in [0.05, 0.1) is 12.2 Å². The molecule has 1 aliphatic heterocycles. The van der Waals surface area contributed by atoms with E-state index in [2.05, 4.69) is 34.8 Å². The van der Waals surface area contributed by atoms with Gasteiger partial charge in [0.25, 0.3) is 5.91 Å². The zero-order valence-electron chi connectivity index (χ0n) is 12.6. The molecule has 20 heavy (non-hydrogen) atoms. The zero-order chi connectivity index (χ0) is 14.5. The molecule has 0 spiro atoms. The molecule has 1 saturated heterocycles. The summed E-state index contributed by atoms with van der Waals surface area (Å²) in [6.45, 7) is 8.28. The van der Waals surface area contributed by atoms with Gasteiger partial charge >= 0.3 is 0 Å². The van der Waals surface area contributed by atoms with Crippen molar-refractivity contribution >= 4 is 5.91 Å². The van der Waals surface area contributed by atoms with Gasteiger partial charge in [-0.3, -0.25) is 4.79 Å². The Labute approximate surface area is 120 Å². The number of nitrogens with zero attached hydrogens (tertiary/aromatic N) is 3. The molecular formula is C14H25N5O. The summed E-state index contributed by atoms with van der Waals surface area (Å²) in [6.07, 6.45) is 5.08. The molecule has 0 saturated carbocycles. The van der Waals surface area contributed by atoms with Gasteiger partial charge in [-0.25, -0.2) is 4.68 Å². The summed E-state index contributed by atoms with van der Waals surface area (Å²) in [6, 6.07) is 0.518. The van der Waals surface area contributed by atoms with Gasteiger partial charge in [0, 0.05) is 19.1 Å². The Bertz CT molecular complexity index is 439. The number of hydrogen-bond donors (Lipinski definition) is 2. The third-order valence-electron chi connectivity index (χ3n) is 3.67. The van der Waals surface area contributed by atoms with Crippen molar-refractivity contribution in [2.45, 2.75) is 52.1 Å². The first kappa shape index (κ1) is 15.0. The molecule has 0 aromatic carbocycles. The van der Waals surface area contributed by atoms with Crippen LogP contribution < -0.4 is 10.6 Å². The lowest BCUT2D eigenvalue weighted by Gasteiger charge is -2.26. The largest absolute Gasteiger partial charge is 0.348 e. The smallest absolute Gasteiger partial charge is 0.273 e. The van der Waals surface area contributed by atoms with Crippen molar-refractivity contribution < 1.29 is 4.79 Å². The topological polar surface area (TPSA) is 71.8 Å². The Kier molecular flexibility index (Phi) is 5.11. The number of hydrogen-bond acceptors (Lipinski definition) is 4. The average molecular weight is 279 g/mol. The highest BCUT2D eigenvalue weighted by molar-refractivity contribution is 5.92. The van der Waals surface area contributed by atoms with Crippen LogP contribution in [0.2, 0.25) is 0 Å². The maximum atomic E-state index is 12.1. The highest BCUT2D eigenvalue weighted by atomic mass is 16.2. The van der Waals surface area contributed by atoms with Crippen LogP contribution in [0.1, 0.15) is 56.6 Å². The van der Waals surface area contributed by atoms with Crippen molar-refractivity contribution in [3.05, 3.63) is 11.9 Å². The second-order valence-corrected chi connectivity index (χ2v) is 6.10. The molecule has 0 bridgehead atoms. The summed E-state index contributed by atoms with van der Waals surface area (Å²) in [5, 5.41) is 14.1. The first-order valence-corrected chi connectivity index (χ1v) is 7.49. The maximum absolute atomic E-state index is 12.1. The van der Waals surface area contributed by atoms with Crippen LogP contribution >= 0.6 is 0 Å². The van der Waals surface area contributed by atoms with E-state index in [1.165, 1.54) is 6.42 Å². The van der Waals surface area contributed by atoms with Crippen molar-refractivity contribution in [2.75, 3.05) is 13.1 Å². The zero-order valence-corrected chi connectivity index (χ0v) is 12.6. The first-order chi connectivity index (χ1) is 9.56. The maximum Gasteiger partial charge on any atom is 0.273 e. The van der Waals surface area contributed by atoms with E-state index in [-0.39, 0.29) is 11.9 Å². The minimum absolute atomic E-state index is 0.124. The molecule has 6 nitrogen and oxygen atoms in total. The van der Waals surface area contributed by atoms with Crippen LogP contribution in [0.4, 0.5) is 0 Å². The standard InChI is InChI=1S/C14H25N5O/c1-10(2)5-4-6-11(3)16-14(20)13-9-19(18-17-13)12-7-15-8-12/h9-12,15H,4-8H2,1-3H3,(H,16,20). The normalized spacial score (nSPS) is 17.0. The van der Waals surface area contributed by atoms with E-state index in [9.17, 15) is 4.79 Å². The summed E-state index contributed by atoms with van der Waals surface area (Å²) in [7, 11) is 0. The second kappa shape index (κ2) is 6.83. The molecule has 2 rings (SSSR count). The lowest BCUT2D eigenvalue weighted by molar-refractivity contribution is 0.0932. The number of aromatic nitrogens is 3. The molecule has 1 aromatic heterocycles. The lowest BCUT2D eigenvalue weighted by atomic mass is 10.0. The van der Waals surface area contributed by atoms with E-state index in [1.54, 1.807) is 10.9 Å². The summed E-state index contributed by atoms with van der Waals surface area (Å²) >= 11 is 0. The van der Waals surface area contributed by atoms with Crippen LogP contribution in [0.25, 0.3) is 0 Å². The van der Waals surface area contributed by atoms with Crippen LogP contribution in [-0.2, 0) is 0 Å². The van der Waals surface area contributed by atoms with E-state index >= 15 is 0 Å². The molecule has 2 N–H and O–H groups in total. The molecule has 2 heterocycles. The van der Waals surface area contributed by atoms with Crippen LogP contribution in [0.15, 0.2) is 6.20 Å². The Morgan fingerprint density at radius 2 is 2.20 bits per heavy atom. The molecule has 0 aliphatic carbocycles. The second-order valence-electron chi connectivity index (χ2n) is 6.10. The van der Waals surface area contributed by atoms with Crippen molar-refractivity contribution in [1.82, 2.24) is 25.6 Å². The third-order valence-corrected chi connectivity index (χ3v) is 3.67. The Balaban J connectivity index is 1.77. The molecule has 1 amide bonds. The van der Waals surface area contributed by atoms with E-state index in [1.807, 2.05) is 6.92 Å². The molecule has 6 heteroatoms. The van der Waals surface area contributed by atoms with Gasteiger partial charge in [0.1, 0.15) is 0 Å². The molecule has 1 aliphatic rings. The first-order valence-electron chi connectivity index (χ1n) is 7.49. The lowest BCUT2D eigenvalue weighted by Crippen LogP contribution is -2.43. The number of amides is 1. The van der Waals surface area contributed by atoms with Crippen LogP contribution in [0.3, 0.4) is 0 Å². The van der Waals surface area contributed by atoms with Gasteiger partial charge in [-0.1, -0.05) is 31.9 Å². The van der Waals surface area contributed by atoms with Gasteiger partial charge in [-0.2, -0.15) is 0 Å². The van der Waals surface area contributed by atoms with E-state index in [0.717, 1.165) is 25.9 Å². The Morgan fingerprint density at radius 3 is 2.80 bits per heavy atom. The Morgan fingerprint density at radius 1 is 1.45 bits per heavy atom. The van der Waals surface area contributed by atoms with E-state index < -0.39 is 0 Å². The summed E-state index contributed by atoms with van der Waals surface area (Å²) < 4.78 is 1.77. The van der Waals surface area contributed by atoms with Gasteiger partial charge in [-0.15, -0.1) is 5.10 Å².